The van der Waals surface area contributed by atoms with Crippen LogP contribution in [0.5, 0.6) is 11.5 Å². The van der Waals surface area contributed by atoms with Gasteiger partial charge in [0.2, 0.25) is 10.0 Å². The molecule has 2 aromatic rings. The van der Waals surface area contributed by atoms with Crippen molar-refractivity contribution in [3.63, 3.8) is 0 Å². The molecule has 0 amide bonds. The van der Waals surface area contributed by atoms with E-state index in [9.17, 15) is 8.42 Å². The number of aryl methyl sites for hydroxylation is 2. The van der Waals surface area contributed by atoms with E-state index in [2.05, 4.69) is 4.72 Å². The zero-order valence-corrected chi connectivity index (χ0v) is 14.3. The van der Waals surface area contributed by atoms with Gasteiger partial charge in [-0.05, 0) is 49.2 Å². The van der Waals surface area contributed by atoms with Gasteiger partial charge >= 0.3 is 0 Å². The number of nitrogens with one attached hydrogen (secondary N) is 1. The Hall–Kier alpha value is -2.05. The highest BCUT2D eigenvalue weighted by Gasteiger charge is 2.13. The van der Waals surface area contributed by atoms with Crippen LogP contribution in [-0.4, -0.2) is 28.7 Å². The molecule has 2 rings (SSSR count). The summed E-state index contributed by atoms with van der Waals surface area (Å²) < 4.78 is 37.6. The highest BCUT2D eigenvalue weighted by Crippen LogP contribution is 2.22. The van der Waals surface area contributed by atoms with Gasteiger partial charge in [0.05, 0.1) is 12.0 Å². The Kier molecular flexibility index (Phi) is 5.63. The normalized spacial score (nSPS) is 11.3. The summed E-state index contributed by atoms with van der Waals surface area (Å²) in [6.07, 6.45) is 0. The quantitative estimate of drug-likeness (QED) is 0.790. The van der Waals surface area contributed by atoms with Crippen LogP contribution in [0.3, 0.4) is 0 Å². The van der Waals surface area contributed by atoms with Crippen LogP contribution in [-0.2, 0) is 10.0 Å². The molecule has 0 saturated heterocycles. The van der Waals surface area contributed by atoms with Gasteiger partial charge in [0.15, 0.2) is 0 Å². The number of hydrogen-bond acceptors (Lipinski definition) is 4. The number of sulfonamides is 1. The first kappa shape index (κ1) is 17.3. The maximum Gasteiger partial charge on any atom is 0.240 e. The first-order valence-corrected chi connectivity index (χ1v) is 8.75. The zero-order valence-electron chi connectivity index (χ0n) is 13.5. The van der Waals surface area contributed by atoms with Crippen LogP contribution in [0.25, 0.3) is 0 Å². The molecule has 0 atom stereocenters. The molecule has 124 valence electrons. The van der Waals surface area contributed by atoms with Gasteiger partial charge < -0.3 is 9.47 Å². The molecule has 0 aromatic heterocycles. The zero-order chi connectivity index (χ0) is 16.9. The topological polar surface area (TPSA) is 64.6 Å². The average Bonchev–Trinajstić information content (AvgIpc) is 2.53. The molecule has 23 heavy (non-hydrogen) atoms. The third kappa shape index (κ3) is 4.46. The van der Waals surface area contributed by atoms with Crippen molar-refractivity contribution in [1.82, 2.24) is 4.72 Å². The van der Waals surface area contributed by atoms with Gasteiger partial charge in [-0.15, -0.1) is 0 Å². The van der Waals surface area contributed by atoms with E-state index in [-0.39, 0.29) is 18.0 Å². The second kappa shape index (κ2) is 7.48. The predicted octanol–water partition coefficient (Wildman–Crippen LogP) is 2.67. The minimum absolute atomic E-state index is 0.197. The molecule has 6 heteroatoms. The van der Waals surface area contributed by atoms with Crippen molar-refractivity contribution in [3.05, 3.63) is 53.6 Å². The Morgan fingerprint density at radius 3 is 2.17 bits per heavy atom. The maximum atomic E-state index is 12.2. The van der Waals surface area contributed by atoms with E-state index in [0.717, 1.165) is 16.9 Å². The summed E-state index contributed by atoms with van der Waals surface area (Å²) in [4.78, 5) is 0.199. The van der Waals surface area contributed by atoms with Crippen LogP contribution < -0.4 is 14.2 Å². The summed E-state index contributed by atoms with van der Waals surface area (Å²) >= 11 is 0. The summed E-state index contributed by atoms with van der Waals surface area (Å²) in [5.74, 6) is 1.42. The van der Waals surface area contributed by atoms with Gasteiger partial charge in [-0.25, -0.2) is 13.1 Å². The van der Waals surface area contributed by atoms with Crippen molar-refractivity contribution in [2.75, 3.05) is 20.3 Å². The lowest BCUT2D eigenvalue weighted by molar-refractivity contribution is 0.318. The second-order valence-electron chi connectivity index (χ2n) is 5.14. The third-order valence-corrected chi connectivity index (χ3v) is 4.90. The van der Waals surface area contributed by atoms with Crippen LogP contribution in [0.4, 0.5) is 0 Å². The van der Waals surface area contributed by atoms with Crippen LogP contribution in [0.2, 0.25) is 0 Å². The SMILES string of the molecule is COc1ccc(S(=O)(=O)NCCOc2c(C)cccc2C)cc1. The summed E-state index contributed by atoms with van der Waals surface area (Å²) in [6.45, 7) is 4.39. The van der Waals surface area contributed by atoms with E-state index in [0.29, 0.717) is 5.75 Å². The van der Waals surface area contributed by atoms with Crippen LogP contribution >= 0.6 is 0 Å². The number of benzene rings is 2. The van der Waals surface area contributed by atoms with E-state index in [4.69, 9.17) is 9.47 Å². The van der Waals surface area contributed by atoms with Crippen molar-refractivity contribution < 1.29 is 17.9 Å². The van der Waals surface area contributed by atoms with Gasteiger partial charge in [0.25, 0.3) is 0 Å². The van der Waals surface area contributed by atoms with Crippen LogP contribution in [0, 0.1) is 13.8 Å². The molecule has 2 aromatic carbocycles. The van der Waals surface area contributed by atoms with Gasteiger partial charge in [0, 0.05) is 6.54 Å². The fraction of sp³-hybridized carbons (Fsp3) is 0.294. The number of hydrogen-bond donors (Lipinski definition) is 1. The van der Waals surface area contributed by atoms with E-state index in [1.165, 1.54) is 19.2 Å². The maximum absolute atomic E-state index is 12.2. The fourth-order valence-electron chi connectivity index (χ4n) is 2.19. The van der Waals surface area contributed by atoms with Crippen molar-refractivity contribution >= 4 is 10.0 Å². The molecular formula is C17H21NO4S. The minimum Gasteiger partial charge on any atom is -0.497 e. The number of ether oxygens (including phenoxy) is 2. The highest BCUT2D eigenvalue weighted by molar-refractivity contribution is 7.89. The van der Waals surface area contributed by atoms with Gasteiger partial charge in [-0.1, -0.05) is 18.2 Å². The minimum atomic E-state index is -3.55. The summed E-state index contributed by atoms with van der Waals surface area (Å²) in [5.41, 5.74) is 2.06. The number of rotatable bonds is 7. The highest BCUT2D eigenvalue weighted by atomic mass is 32.2. The molecule has 0 bridgehead atoms. The Balaban J connectivity index is 1.92. The predicted molar refractivity (Wildman–Crippen MR) is 89.6 cm³/mol. The van der Waals surface area contributed by atoms with Crippen molar-refractivity contribution in [1.29, 1.82) is 0 Å². The summed E-state index contributed by atoms with van der Waals surface area (Å²) in [6, 6.07) is 12.1. The average molecular weight is 335 g/mol. The summed E-state index contributed by atoms with van der Waals surface area (Å²) in [5, 5.41) is 0. The lowest BCUT2D eigenvalue weighted by atomic mass is 10.1. The molecule has 0 spiro atoms. The van der Waals surface area contributed by atoms with Crippen LogP contribution in [0.15, 0.2) is 47.4 Å². The smallest absolute Gasteiger partial charge is 0.240 e. The van der Waals surface area contributed by atoms with E-state index >= 15 is 0 Å². The van der Waals surface area contributed by atoms with Gasteiger partial charge in [-0.3, -0.25) is 0 Å². The molecule has 5 nitrogen and oxygen atoms in total. The summed E-state index contributed by atoms with van der Waals surface area (Å²) in [7, 11) is -2.01. The van der Waals surface area contributed by atoms with Crippen LogP contribution in [0.1, 0.15) is 11.1 Å². The Bertz CT molecular complexity index is 734. The first-order valence-electron chi connectivity index (χ1n) is 7.27. The molecule has 1 N–H and O–H groups in total. The lowest BCUT2D eigenvalue weighted by Gasteiger charge is -2.12. The van der Waals surface area contributed by atoms with Gasteiger partial charge in [0.1, 0.15) is 18.1 Å². The molecule has 0 radical (unpaired) electrons. The molecule has 0 aliphatic carbocycles. The second-order valence-corrected chi connectivity index (χ2v) is 6.91. The standard InChI is InChI=1S/C17H21NO4S/c1-13-5-4-6-14(2)17(13)22-12-11-18-23(19,20)16-9-7-15(21-3)8-10-16/h4-10,18H,11-12H2,1-3H3. The van der Waals surface area contributed by atoms with E-state index in [1.54, 1.807) is 12.1 Å². The molecule has 0 saturated carbocycles. The molecule has 0 heterocycles. The molecular weight excluding hydrogens is 314 g/mol. The fourth-order valence-corrected chi connectivity index (χ4v) is 3.21. The monoisotopic (exact) mass is 335 g/mol. The molecule has 0 aliphatic heterocycles. The number of para-hydroxylation sites is 1. The molecule has 0 fully saturated rings. The number of methoxy groups -OCH3 is 1. The first-order chi connectivity index (χ1) is 10.9. The Labute approximate surface area is 137 Å². The lowest BCUT2D eigenvalue weighted by Crippen LogP contribution is -2.28. The Morgan fingerprint density at radius 2 is 1.61 bits per heavy atom. The third-order valence-electron chi connectivity index (χ3n) is 3.42. The van der Waals surface area contributed by atoms with Crippen molar-refractivity contribution in [2.24, 2.45) is 0 Å². The van der Waals surface area contributed by atoms with Crippen molar-refractivity contribution in [2.45, 2.75) is 18.7 Å². The molecule has 0 aliphatic rings. The van der Waals surface area contributed by atoms with Gasteiger partial charge in [-0.2, -0.15) is 0 Å². The largest absolute Gasteiger partial charge is 0.497 e. The molecule has 0 unspecified atom stereocenters. The van der Waals surface area contributed by atoms with E-state index < -0.39 is 10.0 Å². The van der Waals surface area contributed by atoms with E-state index in [1.807, 2.05) is 32.0 Å². The van der Waals surface area contributed by atoms with Crippen molar-refractivity contribution in [3.8, 4) is 11.5 Å². The Morgan fingerprint density at radius 1 is 1.00 bits per heavy atom.